The van der Waals surface area contributed by atoms with Gasteiger partial charge in [0.2, 0.25) is 5.91 Å². The van der Waals surface area contributed by atoms with Gasteiger partial charge in [-0.15, -0.1) is 0 Å². The third kappa shape index (κ3) is 5.71. The largest absolute Gasteiger partial charge is 0.354 e. The highest BCUT2D eigenvalue weighted by Crippen LogP contribution is 2.22. The van der Waals surface area contributed by atoms with Crippen molar-refractivity contribution >= 4 is 17.7 Å². The number of nitrogens with two attached hydrogens (primary N) is 1. The van der Waals surface area contributed by atoms with Crippen molar-refractivity contribution in [1.29, 1.82) is 0 Å². The summed E-state index contributed by atoms with van der Waals surface area (Å²) in [5.41, 5.74) is 8.35. The SMILES string of the molecule is CCc1ccc(C(C)(C)CNC(=O)[C@@H](N)CCSC)cc1. The van der Waals surface area contributed by atoms with Gasteiger partial charge in [-0.2, -0.15) is 11.8 Å². The molecule has 0 radical (unpaired) electrons. The van der Waals surface area contributed by atoms with Crippen LogP contribution in [0.25, 0.3) is 0 Å². The molecule has 0 heterocycles. The zero-order chi connectivity index (χ0) is 15.9. The van der Waals surface area contributed by atoms with E-state index in [-0.39, 0.29) is 11.3 Å². The number of rotatable bonds is 8. The van der Waals surface area contributed by atoms with Crippen LogP contribution in [-0.4, -0.2) is 30.5 Å². The molecule has 1 amide bonds. The fourth-order valence-electron chi connectivity index (χ4n) is 2.11. The Morgan fingerprint density at radius 1 is 1.33 bits per heavy atom. The van der Waals surface area contributed by atoms with E-state index in [0.717, 1.165) is 18.6 Å². The predicted octanol–water partition coefficient (Wildman–Crippen LogP) is 2.72. The molecule has 0 saturated carbocycles. The molecule has 1 aromatic carbocycles. The number of hydrogen-bond acceptors (Lipinski definition) is 3. The Balaban J connectivity index is 2.57. The molecule has 3 nitrogen and oxygen atoms in total. The number of nitrogens with one attached hydrogen (secondary N) is 1. The maximum atomic E-state index is 12.0. The molecule has 3 N–H and O–H groups in total. The Kier molecular flexibility index (Phi) is 7.26. The Morgan fingerprint density at radius 2 is 1.95 bits per heavy atom. The van der Waals surface area contributed by atoms with Crippen LogP contribution in [0.15, 0.2) is 24.3 Å². The molecule has 0 unspecified atom stereocenters. The van der Waals surface area contributed by atoms with Crippen molar-refractivity contribution in [2.75, 3.05) is 18.6 Å². The molecule has 0 aliphatic carbocycles. The first-order valence-electron chi connectivity index (χ1n) is 7.52. The summed E-state index contributed by atoms with van der Waals surface area (Å²) in [5, 5.41) is 2.99. The molecule has 0 aliphatic heterocycles. The first kappa shape index (κ1) is 18.1. The van der Waals surface area contributed by atoms with Gasteiger partial charge in [0.25, 0.3) is 0 Å². The zero-order valence-electron chi connectivity index (χ0n) is 13.6. The molecule has 0 saturated heterocycles. The van der Waals surface area contributed by atoms with Crippen molar-refractivity contribution < 1.29 is 4.79 Å². The fraction of sp³-hybridized carbons (Fsp3) is 0.588. The van der Waals surface area contributed by atoms with Gasteiger partial charge in [-0.05, 0) is 36.0 Å². The minimum Gasteiger partial charge on any atom is -0.354 e. The number of thioether (sulfide) groups is 1. The molecule has 118 valence electrons. The average Bonchev–Trinajstić information content (AvgIpc) is 2.50. The summed E-state index contributed by atoms with van der Waals surface area (Å²) in [6.45, 7) is 7.03. The van der Waals surface area contributed by atoms with Gasteiger partial charge in [-0.3, -0.25) is 4.79 Å². The number of benzene rings is 1. The maximum Gasteiger partial charge on any atom is 0.236 e. The van der Waals surface area contributed by atoms with E-state index in [9.17, 15) is 4.79 Å². The van der Waals surface area contributed by atoms with Gasteiger partial charge in [-0.25, -0.2) is 0 Å². The Morgan fingerprint density at radius 3 is 2.48 bits per heavy atom. The van der Waals surface area contributed by atoms with Crippen molar-refractivity contribution in [3.63, 3.8) is 0 Å². The summed E-state index contributed by atoms with van der Waals surface area (Å²) in [4.78, 5) is 12.0. The molecule has 1 aromatic rings. The summed E-state index contributed by atoms with van der Waals surface area (Å²) in [5.74, 6) is 0.860. The molecule has 1 atom stereocenters. The van der Waals surface area contributed by atoms with Crippen molar-refractivity contribution in [2.45, 2.75) is 45.1 Å². The van der Waals surface area contributed by atoms with E-state index in [0.29, 0.717) is 6.54 Å². The quantitative estimate of drug-likeness (QED) is 0.776. The highest BCUT2D eigenvalue weighted by molar-refractivity contribution is 7.98. The van der Waals surface area contributed by atoms with E-state index < -0.39 is 6.04 Å². The third-order valence-corrected chi connectivity index (χ3v) is 4.46. The van der Waals surface area contributed by atoms with Gasteiger partial charge in [0.1, 0.15) is 0 Å². The Labute approximate surface area is 133 Å². The first-order chi connectivity index (χ1) is 9.90. The first-order valence-corrected chi connectivity index (χ1v) is 8.91. The number of aryl methyl sites for hydroxylation is 1. The molecule has 0 spiro atoms. The van der Waals surface area contributed by atoms with E-state index in [1.807, 2.05) is 6.26 Å². The lowest BCUT2D eigenvalue weighted by molar-refractivity contribution is -0.122. The van der Waals surface area contributed by atoms with Crippen molar-refractivity contribution in [2.24, 2.45) is 5.73 Å². The second kappa shape index (κ2) is 8.44. The highest BCUT2D eigenvalue weighted by atomic mass is 32.2. The Bertz CT molecular complexity index is 443. The van der Waals surface area contributed by atoms with Crippen LogP contribution in [0.5, 0.6) is 0 Å². The van der Waals surface area contributed by atoms with Gasteiger partial charge in [0.15, 0.2) is 0 Å². The zero-order valence-corrected chi connectivity index (χ0v) is 14.4. The van der Waals surface area contributed by atoms with Crippen LogP contribution in [0, 0.1) is 0 Å². The number of amides is 1. The van der Waals surface area contributed by atoms with Crippen LogP contribution >= 0.6 is 11.8 Å². The van der Waals surface area contributed by atoms with Gasteiger partial charge in [-0.1, -0.05) is 45.0 Å². The average molecular weight is 308 g/mol. The van der Waals surface area contributed by atoms with Gasteiger partial charge in [0.05, 0.1) is 6.04 Å². The minimum atomic E-state index is -0.407. The summed E-state index contributed by atoms with van der Waals surface area (Å²) in [6.07, 6.45) is 3.79. The van der Waals surface area contributed by atoms with Crippen LogP contribution in [0.4, 0.5) is 0 Å². The van der Waals surface area contributed by atoms with E-state index >= 15 is 0 Å². The highest BCUT2D eigenvalue weighted by Gasteiger charge is 2.22. The second-order valence-electron chi connectivity index (χ2n) is 6.04. The lowest BCUT2D eigenvalue weighted by Gasteiger charge is -2.26. The lowest BCUT2D eigenvalue weighted by atomic mass is 9.84. The number of carbonyl (C=O) groups is 1. The second-order valence-corrected chi connectivity index (χ2v) is 7.03. The summed E-state index contributed by atoms with van der Waals surface area (Å²) >= 11 is 1.71. The van der Waals surface area contributed by atoms with Crippen molar-refractivity contribution in [1.82, 2.24) is 5.32 Å². The van der Waals surface area contributed by atoms with E-state index in [4.69, 9.17) is 5.73 Å². The van der Waals surface area contributed by atoms with Crippen LogP contribution < -0.4 is 11.1 Å². The van der Waals surface area contributed by atoms with E-state index in [1.165, 1.54) is 11.1 Å². The maximum absolute atomic E-state index is 12.0. The lowest BCUT2D eigenvalue weighted by Crippen LogP contribution is -2.45. The molecular weight excluding hydrogens is 280 g/mol. The summed E-state index contributed by atoms with van der Waals surface area (Å²) in [7, 11) is 0. The molecule has 0 aromatic heterocycles. The van der Waals surface area contributed by atoms with Gasteiger partial charge >= 0.3 is 0 Å². The fourth-order valence-corrected chi connectivity index (χ4v) is 2.60. The van der Waals surface area contributed by atoms with E-state index in [1.54, 1.807) is 11.8 Å². The number of carbonyl (C=O) groups excluding carboxylic acids is 1. The standard InChI is InChI=1S/C17H28N2OS/c1-5-13-6-8-14(9-7-13)17(2,3)12-19-16(20)15(18)10-11-21-4/h6-9,15H,5,10-12,18H2,1-4H3,(H,19,20)/t15-/m0/s1. The molecule has 0 bridgehead atoms. The molecule has 0 fully saturated rings. The molecule has 4 heteroatoms. The normalized spacial score (nSPS) is 13.0. The molecule has 1 rings (SSSR count). The molecule has 21 heavy (non-hydrogen) atoms. The van der Waals surface area contributed by atoms with Crippen molar-refractivity contribution in [3.8, 4) is 0 Å². The number of hydrogen-bond donors (Lipinski definition) is 2. The van der Waals surface area contributed by atoms with Crippen LogP contribution in [0.1, 0.15) is 38.3 Å². The monoisotopic (exact) mass is 308 g/mol. The predicted molar refractivity (Wildman–Crippen MR) is 92.8 cm³/mol. The molecule has 0 aliphatic rings. The van der Waals surface area contributed by atoms with Gasteiger partial charge in [0, 0.05) is 12.0 Å². The topological polar surface area (TPSA) is 55.1 Å². The summed E-state index contributed by atoms with van der Waals surface area (Å²) in [6, 6.07) is 8.21. The van der Waals surface area contributed by atoms with Crippen LogP contribution in [-0.2, 0) is 16.6 Å². The molecular formula is C17H28N2OS. The van der Waals surface area contributed by atoms with Gasteiger partial charge < -0.3 is 11.1 Å². The third-order valence-electron chi connectivity index (χ3n) is 3.82. The van der Waals surface area contributed by atoms with Crippen LogP contribution in [0.2, 0.25) is 0 Å². The Hall–Kier alpha value is -1.00. The summed E-state index contributed by atoms with van der Waals surface area (Å²) < 4.78 is 0. The minimum absolute atomic E-state index is 0.0534. The van der Waals surface area contributed by atoms with Crippen molar-refractivity contribution in [3.05, 3.63) is 35.4 Å². The van der Waals surface area contributed by atoms with Crippen LogP contribution in [0.3, 0.4) is 0 Å². The smallest absolute Gasteiger partial charge is 0.236 e. The van der Waals surface area contributed by atoms with E-state index in [2.05, 4.69) is 50.4 Å².